The predicted molar refractivity (Wildman–Crippen MR) is 104 cm³/mol. The molecular weight excluding hydrogens is 308 g/mol. The Morgan fingerprint density at radius 3 is 1.72 bits per heavy atom. The van der Waals surface area contributed by atoms with Gasteiger partial charge in [0, 0.05) is 44.9 Å². The molecular formula is C21H22N4. The van der Waals surface area contributed by atoms with Crippen LogP contribution in [0.25, 0.3) is 24.3 Å². The third-order valence-corrected chi connectivity index (χ3v) is 4.26. The van der Waals surface area contributed by atoms with Crippen molar-refractivity contribution in [3.8, 4) is 0 Å². The molecule has 0 aliphatic carbocycles. The predicted octanol–water partition coefficient (Wildman–Crippen LogP) is 3.04. The second kappa shape index (κ2) is 6.40. The molecule has 0 saturated heterocycles. The SMILES string of the molecule is CCC1=Cc2ccc([nH]2)C=c2ccc([nH]2)=Cc2ccc([nH]2)C=C(C)N1. The average molecular weight is 330 g/mol. The van der Waals surface area contributed by atoms with Gasteiger partial charge in [0.25, 0.3) is 0 Å². The zero-order chi connectivity index (χ0) is 17.2. The van der Waals surface area contributed by atoms with E-state index in [9.17, 15) is 0 Å². The number of fused-ring (bicyclic) bond motifs is 6. The van der Waals surface area contributed by atoms with Gasteiger partial charge in [0.05, 0.1) is 0 Å². The Hall–Kier alpha value is -3.14. The van der Waals surface area contributed by atoms with E-state index in [1.807, 2.05) is 0 Å². The van der Waals surface area contributed by atoms with Gasteiger partial charge in [-0.15, -0.1) is 0 Å². The molecule has 0 fully saturated rings. The topological polar surface area (TPSA) is 59.4 Å². The Morgan fingerprint density at radius 1 is 0.640 bits per heavy atom. The maximum absolute atomic E-state index is 3.50. The first-order valence-corrected chi connectivity index (χ1v) is 8.60. The Bertz CT molecular complexity index is 1070. The van der Waals surface area contributed by atoms with Crippen LogP contribution in [0.4, 0.5) is 0 Å². The Morgan fingerprint density at radius 2 is 1.16 bits per heavy atom. The molecule has 4 heteroatoms. The van der Waals surface area contributed by atoms with Crippen LogP contribution in [0, 0.1) is 0 Å². The molecule has 0 atom stereocenters. The number of nitrogens with one attached hydrogen (secondary N) is 4. The summed E-state index contributed by atoms with van der Waals surface area (Å²) in [6.45, 7) is 4.24. The molecule has 4 N–H and O–H groups in total. The molecule has 0 radical (unpaired) electrons. The molecule has 6 bridgehead atoms. The summed E-state index contributed by atoms with van der Waals surface area (Å²) in [6.07, 6.45) is 9.45. The molecule has 0 spiro atoms. The van der Waals surface area contributed by atoms with Gasteiger partial charge in [0.2, 0.25) is 0 Å². The molecule has 4 heterocycles. The average Bonchev–Trinajstić information content (AvgIpc) is 3.30. The smallest absolute Gasteiger partial charge is 0.0405 e. The molecule has 126 valence electrons. The van der Waals surface area contributed by atoms with E-state index < -0.39 is 0 Å². The maximum Gasteiger partial charge on any atom is 0.0405 e. The second-order valence-electron chi connectivity index (χ2n) is 6.37. The van der Waals surface area contributed by atoms with E-state index >= 15 is 0 Å². The normalized spacial score (nSPS) is 14.0. The third kappa shape index (κ3) is 3.53. The van der Waals surface area contributed by atoms with Gasteiger partial charge in [-0.05, 0) is 74.0 Å². The van der Waals surface area contributed by atoms with Crippen LogP contribution in [0.1, 0.15) is 43.0 Å². The van der Waals surface area contributed by atoms with Crippen LogP contribution in [-0.4, -0.2) is 15.0 Å². The van der Waals surface area contributed by atoms with Gasteiger partial charge >= 0.3 is 0 Å². The molecule has 3 aromatic heterocycles. The largest absolute Gasteiger partial charge is 0.362 e. The van der Waals surface area contributed by atoms with Crippen molar-refractivity contribution in [3.63, 3.8) is 0 Å². The van der Waals surface area contributed by atoms with Crippen molar-refractivity contribution in [3.05, 3.63) is 81.3 Å². The second-order valence-corrected chi connectivity index (χ2v) is 6.37. The van der Waals surface area contributed by atoms with Crippen molar-refractivity contribution in [2.24, 2.45) is 0 Å². The van der Waals surface area contributed by atoms with Crippen molar-refractivity contribution in [1.29, 1.82) is 0 Å². The van der Waals surface area contributed by atoms with E-state index in [1.54, 1.807) is 0 Å². The molecule has 1 aliphatic heterocycles. The molecule has 4 nitrogen and oxygen atoms in total. The van der Waals surface area contributed by atoms with Crippen molar-refractivity contribution >= 4 is 24.3 Å². The maximum atomic E-state index is 3.50. The lowest BCUT2D eigenvalue weighted by Crippen LogP contribution is -2.10. The molecule has 3 aromatic rings. The lowest BCUT2D eigenvalue weighted by atomic mass is 10.2. The lowest BCUT2D eigenvalue weighted by Gasteiger charge is -2.09. The Kier molecular flexibility index (Phi) is 3.94. The molecule has 0 amide bonds. The standard InChI is InChI=1S/C21H22N4/c1-3-15-11-17-6-7-19(24-17)13-21-9-8-20(25-21)12-18-5-4-16(23-18)10-14(2)22-15/h4-13,22-25H,3H2,1-2H3. The summed E-state index contributed by atoms with van der Waals surface area (Å²) in [5.74, 6) is 0. The number of hydrogen-bond acceptors (Lipinski definition) is 1. The molecule has 1 aliphatic rings. The van der Waals surface area contributed by atoms with Crippen molar-refractivity contribution in [2.75, 3.05) is 0 Å². The first-order valence-electron chi connectivity index (χ1n) is 8.60. The van der Waals surface area contributed by atoms with Crippen molar-refractivity contribution < 1.29 is 0 Å². The number of aromatic nitrogens is 3. The van der Waals surface area contributed by atoms with E-state index in [4.69, 9.17) is 0 Å². The number of allylic oxidation sites excluding steroid dienone is 2. The van der Waals surface area contributed by atoms with Gasteiger partial charge < -0.3 is 20.3 Å². The van der Waals surface area contributed by atoms with Crippen molar-refractivity contribution in [2.45, 2.75) is 20.3 Å². The van der Waals surface area contributed by atoms with Crippen molar-refractivity contribution in [1.82, 2.24) is 20.3 Å². The van der Waals surface area contributed by atoms with E-state index in [2.05, 4.69) is 94.8 Å². The Balaban J connectivity index is 1.87. The van der Waals surface area contributed by atoms with Crippen LogP contribution in [0.2, 0.25) is 0 Å². The molecule has 0 aromatic carbocycles. The first-order chi connectivity index (χ1) is 12.2. The summed E-state index contributed by atoms with van der Waals surface area (Å²) >= 11 is 0. The molecule has 4 rings (SSSR count). The highest BCUT2D eigenvalue weighted by atomic mass is 14.9. The van der Waals surface area contributed by atoms with E-state index in [1.165, 1.54) is 5.70 Å². The number of hydrogen-bond donors (Lipinski definition) is 4. The minimum Gasteiger partial charge on any atom is -0.362 e. The van der Waals surface area contributed by atoms with Gasteiger partial charge in [-0.2, -0.15) is 0 Å². The van der Waals surface area contributed by atoms with Crippen LogP contribution < -0.4 is 16.0 Å². The van der Waals surface area contributed by atoms with Crippen LogP contribution in [0.15, 0.2) is 47.8 Å². The quantitative estimate of drug-likeness (QED) is 0.545. The summed E-state index contributed by atoms with van der Waals surface area (Å²) in [7, 11) is 0. The number of H-pyrrole nitrogens is 3. The monoisotopic (exact) mass is 330 g/mol. The van der Waals surface area contributed by atoms with Crippen LogP contribution in [0.3, 0.4) is 0 Å². The van der Waals surface area contributed by atoms with Gasteiger partial charge in [0.15, 0.2) is 0 Å². The van der Waals surface area contributed by atoms with Gasteiger partial charge in [-0.1, -0.05) is 6.92 Å². The van der Waals surface area contributed by atoms with Gasteiger partial charge in [-0.25, -0.2) is 0 Å². The highest BCUT2D eigenvalue weighted by Crippen LogP contribution is 2.12. The summed E-state index contributed by atoms with van der Waals surface area (Å²) in [4.78, 5) is 10.3. The summed E-state index contributed by atoms with van der Waals surface area (Å²) in [5.41, 5.74) is 6.61. The van der Waals surface area contributed by atoms with Gasteiger partial charge in [0.1, 0.15) is 0 Å². The fourth-order valence-electron chi connectivity index (χ4n) is 3.07. The van der Waals surface area contributed by atoms with E-state index in [0.717, 1.165) is 45.6 Å². The summed E-state index contributed by atoms with van der Waals surface area (Å²) < 4.78 is 0. The minimum absolute atomic E-state index is 0.937. The third-order valence-electron chi connectivity index (χ3n) is 4.26. The van der Waals surface area contributed by atoms with Crippen LogP contribution in [-0.2, 0) is 0 Å². The highest BCUT2D eigenvalue weighted by molar-refractivity contribution is 5.57. The van der Waals surface area contributed by atoms with E-state index in [0.29, 0.717) is 0 Å². The minimum atomic E-state index is 0.937. The van der Waals surface area contributed by atoms with Crippen LogP contribution >= 0.6 is 0 Å². The van der Waals surface area contributed by atoms with Gasteiger partial charge in [-0.3, -0.25) is 0 Å². The molecule has 0 unspecified atom stereocenters. The highest BCUT2D eigenvalue weighted by Gasteiger charge is 2.01. The number of aromatic amines is 3. The zero-order valence-corrected chi connectivity index (χ0v) is 14.5. The van der Waals surface area contributed by atoms with Crippen LogP contribution in [0.5, 0.6) is 0 Å². The molecule has 25 heavy (non-hydrogen) atoms. The lowest BCUT2D eigenvalue weighted by molar-refractivity contribution is 0.906. The summed E-state index contributed by atoms with van der Waals surface area (Å²) in [5, 5.41) is 5.65. The zero-order valence-electron chi connectivity index (χ0n) is 14.5. The number of rotatable bonds is 1. The van der Waals surface area contributed by atoms with E-state index in [-0.39, 0.29) is 0 Å². The summed E-state index contributed by atoms with van der Waals surface area (Å²) in [6, 6.07) is 12.6. The first kappa shape index (κ1) is 15.4. The molecule has 0 saturated carbocycles. The Labute approximate surface area is 146 Å². The fraction of sp³-hybridized carbons (Fsp3) is 0.143. The fourth-order valence-corrected chi connectivity index (χ4v) is 3.07.